The second-order valence-electron chi connectivity index (χ2n) is 5.96. The zero-order valence-corrected chi connectivity index (χ0v) is 14.1. The van der Waals surface area contributed by atoms with Gasteiger partial charge in [-0.15, -0.1) is 0 Å². The van der Waals surface area contributed by atoms with Crippen LogP contribution in [0.15, 0.2) is 63.9 Å². The van der Waals surface area contributed by atoms with E-state index in [9.17, 15) is 9.00 Å². The molecule has 1 amide bonds. The monoisotopic (exact) mass is 328 g/mol. The molecule has 0 saturated carbocycles. The fraction of sp³-hybridized carbons (Fsp3) is 0.278. The molecule has 3 rings (SSSR count). The first kappa shape index (κ1) is 15.7. The molecule has 0 saturated heterocycles. The van der Waals surface area contributed by atoms with Crippen molar-refractivity contribution in [2.45, 2.75) is 17.2 Å². The highest BCUT2D eigenvalue weighted by Gasteiger charge is 2.30. The molecular weight excluding hydrogens is 308 g/mol. The van der Waals surface area contributed by atoms with Gasteiger partial charge in [0, 0.05) is 37.1 Å². The lowest BCUT2D eigenvalue weighted by molar-refractivity contribution is -0.128. The molecule has 4 nitrogen and oxygen atoms in total. The molecular formula is C18H20N2O2S. The number of carbonyl (C=O) groups excluding carboxylic acids is 1. The Kier molecular flexibility index (Phi) is 4.22. The number of hydrogen-bond acceptors (Lipinski definition) is 3. The number of rotatable bonds is 3. The van der Waals surface area contributed by atoms with Crippen molar-refractivity contribution in [1.29, 1.82) is 0 Å². The average Bonchev–Trinajstić information content (AvgIpc) is 2.55. The van der Waals surface area contributed by atoms with E-state index >= 15 is 0 Å². The van der Waals surface area contributed by atoms with Crippen LogP contribution < -0.4 is 0 Å². The molecule has 1 aliphatic rings. The van der Waals surface area contributed by atoms with Crippen molar-refractivity contribution in [1.82, 2.24) is 4.90 Å². The predicted molar refractivity (Wildman–Crippen MR) is 92.3 cm³/mol. The smallest absolute Gasteiger partial charge is 0.222 e. The van der Waals surface area contributed by atoms with Gasteiger partial charge in [-0.2, -0.15) is 4.36 Å². The molecule has 0 radical (unpaired) electrons. The second kappa shape index (κ2) is 6.16. The molecule has 2 aromatic carbocycles. The normalized spacial score (nSPS) is 22.8. The van der Waals surface area contributed by atoms with Crippen LogP contribution in [0.5, 0.6) is 0 Å². The summed E-state index contributed by atoms with van der Waals surface area (Å²) in [6.45, 7) is 0. The summed E-state index contributed by atoms with van der Waals surface area (Å²) >= 11 is 0. The van der Waals surface area contributed by atoms with Crippen molar-refractivity contribution in [3.63, 3.8) is 0 Å². The predicted octanol–water partition coefficient (Wildman–Crippen LogP) is 3.42. The molecule has 23 heavy (non-hydrogen) atoms. The average molecular weight is 328 g/mol. The van der Waals surface area contributed by atoms with Gasteiger partial charge in [-0.3, -0.25) is 4.79 Å². The summed E-state index contributed by atoms with van der Waals surface area (Å²) in [7, 11) is 0.943. The molecule has 1 aliphatic heterocycles. The van der Waals surface area contributed by atoms with Gasteiger partial charge in [0.05, 0.1) is 15.4 Å². The molecule has 0 fully saturated rings. The highest BCUT2D eigenvalue weighted by Crippen LogP contribution is 2.38. The quantitative estimate of drug-likeness (QED) is 0.867. The van der Waals surface area contributed by atoms with Crippen LogP contribution in [0.3, 0.4) is 0 Å². The lowest BCUT2D eigenvalue weighted by atomic mass is 9.95. The second-order valence-corrected chi connectivity index (χ2v) is 8.23. The Morgan fingerprint density at radius 2 is 1.78 bits per heavy atom. The van der Waals surface area contributed by atoms with Gasteiger partial charge in [0.1, 0.15) is 0 Å². The van der Waals surface area contributed by atoms with E-state index in [1.54, 1.807) is 19.0 Å². The first-order valence-corrected chi connectivity index (χ1v) is 9.27. The number of nitrogens with zero attached hydrogens (tertiary/aromatic N) is 2. The Hall–Kier alpha value is -2.14. The van der Waals surface area contributed by atoms with E-state index in [-0.39, 0.29) is 11.8 Å². The molecule has 2 atom stereocenters. The third-order valence-corrected chi connectivity index (χ3v) is 6.44. The van der Waals surface area contributed by atoms with Crippen molar-refractivity contribution >= 4 is 21.3 Å². The molecule has 5 heteroatoms. The summed E-state index contributed by atoms with van der Waals surface area (Å²) in [5.74, 6) is 0.348. The minimum Gasteiger partial charge on any atom is -0.349 e. The van der Waals surface area contributed by atoms with E-state index in [1.165, 1.54) is 0 Å². The largest absolute Gasteiger partial charge is 0.349 e. The van der Waals surface area contributed by atoms with Crippen molar-refractivity contribution in [2.75, 3.05) is 19.8 Å². The third kappa shape index (κ3) is 3.15. The Morgan fingerprint density at radius 1 is 1.13 bits per heavy atom. The molecule has 2 aromatic rings. The molecule has 0 unspecified atom stereocenters. The summed E-state index contributed by atoms with van der Waals surface area (Å²) in [6.07, 6.45) is 0.351. The highest BCUT2D eigenvalue weighted by atomic mass is 32.2. The van der Waals surface area contributed by atoms with E-state index in [0.717, 1.165) is 16.1 Å². The maximum atomic E-state index is 13.4. The van der Waals surface area contributed by atoms with Gasteiger partial charge in [0.25, 0.3) is 0 Å². The number of fused-ring (bicyclic) bond motifs is 1. The van der Waals surface area contributed by atoms with Crippen LogP contribution in [0.2, 0.25) is 0 Å². The fourth-order valence-electron chi connectivity index (χ4n) is 2.82. The first-order valence-electron chi connectivity index (χ1n) is 7.58. The lowest BCUT2D eigenvalue weighted by Gasteiger charge is -2.26. The maximum Gasteiger partial charge on any atom is 0.222 e. The summed E-state index contributed by atoms with van der Waals surface area (Å²) in [6, 6.07) is 17.0. The molecule has 0 spiro atoms. The summed E-state index contributed by atoms with van der Waals surface area (Å²) in [5.41, 5.74) is 1.75. The third-order valence-electron chi connectivity index (χ3n) is 4.08. The molecule has 120 valence electrons. The zero-order chi connectivity index (χ0) is 16.4. The van der Waals surface area contributed by atoms with Crippen LogP contribution in [0.25, 0.3) is 0 Å². The standard InChI is InChI=1S/C18H20N2O2S/c1-20(2)18(21)12-14-13-23(22,15-8-4-3-5-9-15)19-17-11-7-6-10-16(14)17/h3-11,14H,12-13H2,1-2H3/t14-,23+/m1/s1. The van der Waals surface area contributed by atoms with Gasteiger partial charge in [0.2, 0.25) is 5.91 Å². The SMILES string of the molecule is CN(C)C(=O)C[C@@H]1C[S@](=O)(c2ccccc2)=Nc2ccccc21. The lowest BCUT2D eigenvalue weighted by Crippen LogP contribution is -2.27. The number of hydrogen-bond donors (Lipinski definition) is 0. The minimum absolute atomic E-state index is 0.0431. The Balaban J connectivity index is 2.07. The van der Waals surface area contributed by atoms with E-state index < -0.39 is 9.73 Å². The number of carbonyl (C=O) groups is 1. The van der Waals surface area contributed by atoms with E-state index in [2.05, 4.69) is 4.36 Å². The zero-order valence-electron chi connectivity index (χ0n) is 13.3. The van der Waals surface area contributed by atoms with Gasteiger partial charge < -0.3 is 4.90 Å². The number of amides is 1. The highest BCUT2D eigenvalue weighted by molar-refractivity contribution is 7.93. The van der Waals surface area contributed by atoms with Crippen molar-refractivity contribution < 1.29 is 9.00 Å². The topological polar surface area (TPSA) is 49.7 Å². The first-order chi connectivity index (χ1) is 11.0. The molecule has 1 heterocycles. The van der Waals surface area contributed by atoms with Crippen LogP contribution >= 0.6 is 0 Å². The van der Waals surface area contributed by atoms with Gasteiger partial charge in [-0.1, -0.05) is 36.4 Å². The summed E-state index contributed by atoms with van der Waals surface area (Å²) in [4.78, 5) is 14.5. The molecule has 0 aromatic heterocycles. The molecule has 0 bridgehead atoms. The van der Waals surface area contributed by atoms with Gasteiger partial charge in [0.15, 0.2) is 0 Å². The number of benzene rings is 2. The van der Waals surface area contributed by atoms with Crippen molar-refractivity contribution in [3.8, 4) is 0 Å². The minimum atomic E-state index is -2.55. The fourth-order valence-corrected chi connectivity index (χ4v) is 5.10. The van der Waals surface area contributed by atoms with E-state index in [4.69, 9.17) is 0 Å². The van der Waals surface area contributed by atoms with Gasteiger partial charge in [-0.05, 0) is 23.8 Å². The van der Waals surface area contributed by atoms with Crippen molar-refractivity contribution in [3.05, 3.63) is 60.2 Å². The van der Waals surface area contributed by atoms with E-state index in [0.29, 0.717) is 12.2 Å². The van der Waals surface area contributed by atoms with Crippen LogP contribution in [0.1, 0.15) is 17.9 Å². The molecule has 0 aliphatic carbocycles. The Bertz CT molecular complexity index is 837. The molecule has 0 N–H and O–H groups in total. The maximum absolute atomic E-state index is 13.4. The van der Waals surface area contributed by atoms with Crippen molar-refractivity contribution in [2.24, 2.45) is 4.36 Å². The Morgan fingerprint density at radius 3 is 2.48 bits per heavy atom. The summed E-state index contributed by atoms with van der Waals surface area (Å²) in [5, 5.41) is 0. The van der Waals surface area contributed by atoms with Gasteiger partial charge in [-0.25, -0.2) is 4.21 Å². The summed E-state index contributed by atoms with van der Waals surface area (Å²) < 4.78 is 18.0. The Labute approximate surface area is 137 Å². The van der Waals surface area contributed by atoms with Gasteiger partial charge >= 0.3 is 0 Å². The van der Waals surface area contributed by atoms with Crippen LogP contribution in [0.4, 0.5) is 5.69 Å². The van der Waals surface area contributed by atoms with Crippen LogP contribution in [0, 0.1) is 0 Å². The van der Waals surface area contributed by atoms with Crippen LogP contribution in [-0.4, -0.2) is 34.9 Å². The van der Waals surface area contributed by atoms with Crippen LogP contribution in [-0.2, 0) is 14.5 Å². The van der Waals surface area contributed by atoms with E-state index in [1.807, 2.05) is 54.6 Å².